The third-order valence-electron chi connectivity index (χ3n) is 4.35. The molecule has 31 heavy (non-hydrogen) atoms. The quantitative estimate of drug-likeness (QED) is 0.472. The maximum Gasteiger partial charge on any atom is 0.416 e. The van der Waals surface area contributed by atoms with E-state index in [1.807, 2.05) is 18.2 Å². The largest absolute Gasteiger partial charge is 0.462 e. The number of hydrogen-bond donors (Lipinski definition) is 1. The maximum atomic E-state index is 12.8. The Bertz CT molecular complexity index is 1060. The number of ether oxygens (including phenoxy) is 1. The van der Waals surface area contributed by atoms with Crippen LogP contribution in [0, 0.1) is 0 Å². The van der Waals surface area contributed by atoms with Crippen molar-refractivity contribution in [2.75, 3.05) is 18.5 Å². The van der Waals surface area contributed by atoms with E-state index in [1.54, 1.807) is 13.0 Å². The highest BCUT2D eigenvalue weighted by molar-refractivity contribution is 6.30. The maximum absolute atomic E-state index is 12.8. The summed E-state index contributed by atoms with van der Waals surface area (Å²) < 4.78 is 43.5. The summed E-state index contributed by atoms with van der Waals surface area (Å²) in [5, 5.41) is 3.71. The van der Waals surface area contributed by atoms with Gasteiger partial charge in [0.2, 0.25) is 0 Å². The Hall–Kier alpha value is -3.13. The zero-order valence-electron chi connectivity index (χ0n) is 16.5. The molecule has 0 aliphatic carbocycles. The Labute approximate surface area is 182 Å². The minimum Gasteiger partial charge on any atom is -0.462 e. The lowest BCUT2D eigenvalue weighted by molar-refractivity contribution is -0.137. The fraction of sp³-hybridized carbons (Fsp3) is 0.227. The van der Waals surface area contributed by atoms with Gasteiger partial charge in [0.1, 0.15) is 11.4 Å². The number of halogens is 4. The van der Waals surface area contributed by atoms with Crippen molar-refractivity contribution in [1.29, 1.82) is 0 Å². The first-order valence-corrected chi connectivity index (χ1v) is 9.86. The zero-order chi connectivity index (χ0) is 22.4. The van der Waals surface area contributed by atoms with Gasteiger partial charge >= 0.3 is 12.1 Å². The Balaban J connectivity index is 1.84. The lowest BCUT2D eigenvalue weighted by Crippen LogP contribution is -2.14. The Kier molecular flexibility index (Phi) is 7.12. The molecule has 5 nitrogen and oxygen atoms in total. The van der Waals surface area contributed by atoms with Crippen LogP contribution in [-0.2, 0) is 17.3 Å². The molecule has 0 unspecified atom stereocenters. The van der Waals surface area contributed by atoms with Crippen LogP contribution < -0.4 is 5.32 Å². The van der Waals surface area contributed by atoms with E-state index in [9.17, 15) is 18.0 Å². The van der Waals surface area contributed by atoms with Crippen LogP contribution in [0.2, 0.25) is 5.02 Å². The third kappa shape index (κ3) is 5.95. The summed E-state index contributed by atoms with van der Waals surface area (Å²) in [6.45, 7) is 2.30. The van der Waals surface area contributed by atoms with Crippen molar-refractivity contribution < 1.29 is 22.7 Å². The summed E-state index contributed by atoms with van der Waals surface area (Å²) in [7, 11) is 0. The Morgan fingerprint density at radius 1 is 1.16 bits per heavy atom. The van der Waals surface area contributed by atoms with Crippen LogP contribution in [0.25, 0.3) is 11.4 Å². The molecule has 0 spiro atoms. The summed E-state index contributed by atoms with van der Waals surface area (Å²) in [5.41, 5.74) is 0.763. The highest BCUT2D eigenvalue weighted by Gasteiger charge is 2.30. The van der Waals surface area contributed by atoms with Gasteiger partial charge in [-0.1, -0.05) is 35.9 Å². The fourth-order valence-corrected chi connectivity index (χ4v) is 3.05. The molecule has 0 amide bonds. The predicted molar refractivity (Wildman–Crippen MR) is 112 cm³/mol. The minimum absolute atomic E-state index is 0.142. The van der Waals surface area contributed by atoms with Crippen molar-refractivity contribution in [3.05, 3.63) is 76.4 Å². The van der Waals surface area contributed by atoms with Crippen molar-refractivity contribution in [2.24, 2.45) is 0 Å². The number of nitrogens with zero attached hydrogens (tertiary/aromatic N) is 2. The number of esters is 1. The summed E-state index contributed by atoms with van der Waals surface area (Å²) in [6, 6.07) is 11.9. The van der Waals surface area contributed by atoms with Crippen molar-refractivity contribution >= 4 is 23.4 Å². The SMILES string of the molecule is CCOC(=O)c1cnc(-c2ccc(C(F)(F)F)cc2)nc1NCCc1cccc(Cl)c1. The number of alkyl halides is 3. The molecule has 0 aliphatic rings. The van der Waals surface area contributed by atoms with Crippen LogP contribution in [-0.4, -0.2) is 29.1 Å². The Morgan fingerprint density at radius 3 is 2.55 bits per heavy atom. The first-order valence-electron chi connectivity index (χ1n) is 9.48. The van der Waals surface area contributed by atoms with Crippen molar-refractivity contribution in [2.45, 2.75) is 19.5 Å². The van der Waals surface area contributed by atoms with E-state index in [-0.39, 0.29) is 23.8 Å². The second-order valence-corrected chi connectivity index (χ2v) is 6.99. The topological polar surface area (TPSA) is 64.1 Å². The predicted octanol–water partition coefficient (Wildman–Crippen LogP) is 5.65. The highest BCUT2D eigenvalue weighted by atomic mass is 35.5. The second kappa shape index (κ2) is 9.78. The standard InChI is InChI=1S/C22H19ClF3N3O2/c1-2-31-21(30)18-13-28-19(15-6-8-16(9-7-15)22(24,25)26)29-20(18)27-11-10-14-4-3-5-17(23)12-14/h3-9,12-13H,2,10-11H2,1H3,(H,27,28,29). The molecule has 0 radical (unpaired) electrons. The lowest BCUT2D eigenvalue weighted by Gasteiger charge is -2.12. The van der Waals surface area contributed by atoms with Crippen LogP contribution in [0.15, 0.2) is 54.7 Å². The van der Waals surface area contributed by atoms with E-state index >= 15 is 0 Å². The van der Waals surface area contributed by atoms with Crippen molar-refractivity contribution in [1.82, 2.24) is 9.97 Å². The van der Waals surface area contributed by atoms with Gasteiger partial charge in [0.15, 0.2) is 5.82 Å². The normalized spacial score (nSPS) is 11.3. The highest BCUT2D eigenvalue weighted by Crippen LogP contribution is 2.30. The third-order valence-corrected chi connectivity index (χ3v) is 4.58. The van der Waals surface area contributed by atoms with Gasteiger partial charge in [-0.3, -0.25) is 0 Å². The molecule has 1 aromatic heterocycles. The van der Waals surface area contributed by atoms with Crippen LogP contribution in [0.3, 0.4) is 0 Å². The Morgan fingerprint density at radius 2 is 1.90 bits per heavy atom. The van der Waals surface area contributed by atoms with Crippen LogP contribution in [0.4, 0.5) is 19.0 Å². The number of hydrogen-bond acceptors (Lipinski definition) is 5. The van der Waals surface area contributed by atoms with Crippen LogP contribution in [0.1, 0.15) is 28.4 Å². The average molecular weight is 450 g/mol. The number of rotatable bonds is 7. The van der Waals surface area contributed by atoms with E-state index in [0.717, 1.165) is 17.7 Å². The van der Waals surface area contributed by atoms with Gasteiger partial charge in [-0.25, -0.2) is 14.8 Å². The molecule has 0 atom stereocenters. The van der Waals surface area contributed by atoms with E-state index in [0.29, 0.717) is 23.6 Å². The summed E-state index contributed by atoms with van der Waals surface area (Å²) in [4.78, 5) is 20.7. The molecule has 0 bridgehead atoms. The first kappa shape index (κ1) is 22.6. The minimum atomic E-state index is -4.43. The van der Waals surface area contributed by atoms with E-state index < -0.39 is 17.7 Å². The fourth-order valence-electron chi connectivity index (χ4n) is 2.84. The number of anilines is 1. The molecule has 162 valence electrons. The monoisotopic (exact) mass is 449 g/mol. The van der Waals surface area contributed by atoms with Gasteiger partial charge in [-0.05, 0) is 43.2 Å². The summed E-state index contributed by atoms with van der Waals surface area (Å²) in [6.07, 6.45) is -2.51. The second-order valence-electron chi connectivity index (χ2n) is 6.56. The first-order chi connectivity index (χ1) is 14.8. The molecule has 3 aromatic rings. The van der Waals surface area contributed by atoms with Gasteiger partial charge in [0.05, 0.1) is 12.2 Å². The average Bonchev–Trinajstić information content (AvgIpc) is 2.73. The van der Waals surface area contributed by atoms with Gasteiger partial charge in [0.25, 0.3) is 0 Å². The molecule has 3 rings (SSSR count). The summed E-state index contributed by atoms with van der Waals surface area (Å²) in [5.74, 6) is -0.163. The number of carbonyl (C=O) groups excluding carboxylic acids is 1. The van der Waals surface area contributed by atoms with Gasteiger partial charge in [0, 0.05) is 23.3 Å². The molecule has 1 heterocycles. The number of benzene rings is 2. The molecule has 2 aromatic carbocycles. The molecule has 0 fully saturated rings. The lowest BCUT2D eigenvalue weighted by atomic mass is 10.1. The molecule has 0 saturated carbocycles. The zero-order valence-corrected chi connectivity index (χ0v) is 17.3. The number of carbonyl (C=O) groups is 1. The number of aromatic nitrogens is 2. The van der Waals surface area contributed by atoms with E-state index in [1.165, 1.54) is 18.3 Å². The van der Waals surface area contributed by atoms with Gasteiger partial charge in [-0.2, -0.15) is 13.2 Å². The molecule has 0 aliphatic heterocycles. The smallest absolute Gasteiger partial charge is 0.416 e. The molecule has 1 N–H and O–H groups in total. The van der Waals surface area contributed by atoms with E-state index in [4.69, 9.17) is 16.3 Å². The number of nitrogens with one attached hydrogen (secondary N) is 1. The molecule has 0 saturated heterocycles. The van der Waals surface area contributed by atoms with Crippen molar-refractivity contribution in [3.8, 4) is 11.4 Å². The van der Waals surface area contributed by atoms with E-state index in [2.05, 4.69) is 15.3 Å². The van der Waals surface area contributed by atoms with Crippen LogP contribution in [0.5, 0.6) is 0 Å². The summed E-state index contributed by atoms with van der Waals surface area (Å²) >= 11 is 6.00. The molecule has 9 heteroatoms. The van der Waals surface area contributed by atoms with Crippen LogP contribution >= 0.6 is 11.6 Å². The van der Waals surface area contributed by atoms with Gasteiger partial charge < -0.3 is 10.1 Å². The van der Waals surface area contributed by atoms with Crippen molar-refractivity contribution in [3.63, 3.8) is 0 Å². The molecular formula is C22H19ClF3N3O2. The van der Waals surface area contributed by atoms with Gasteiger partial charge in [-0.15, -0.1) is 0 Å². The molecular weight excluding hydrogens is 431 g/mol.